The number of aliphatic hydroxyl groups excluding tert-OH is 3. The minimum atomic E-state index is -5.14. The van der Waals surface area contributed by atoms with E-state index >= 15 is 0 Å². The first kappa shape index (κ1) is 34.4. The molecule has 9 atom stereocenters. The van der Waals surface area contributed by atoms with Gasteiger partial charge < -0.3 is 65.4 Å². The summed E-state index contributed by atoms with van der Waals surface area (Å²) in [5, 5.41) is 32.6. The summed E-state index contributed by atoms with van der Waals surface area (Å²) in [5.41, 5.74) is 12.2. The largest absolute Gasteiger partial charge is 0.472 e. The van der Waals surface area contributed by atoms with E-state index in [1.165, 1.54) is 21.8 Å². The fraction of sp³-hybridized carbons (Fsp3) is 0.500. The Bertz CT molecular complexity index is 2040. The number of ether oxygens (including phenoxy) is 2. The Hall–Kier alpha value is -2.42. The van der Waals surface area contributed by atoms with Gasteiger partial charge in [-0.05, 0) is 11.8 Å². The van der Waals surface area contributed by atoms with Crippen molar-refractivity contribution in [3.8, 4) is 0 Å². The summed E-state index contributed by atoms with van der Waals surface area (Å²) in [6.45, 7) is -5.74. The van der Waals surface area contributed by atoms with E-state index in [1.54, 1.807) is 0 Å². The quantitative estimate of drug-likeness (QED) is 0.0668. The first-order valence-electron chi connectivity index (χ1n) is 13.2. The number of aromatic nitrogens is 8. The first-order valence-corrected chi connectivity index (χ1v) is 18.1. The van der Waals surface area contributed by atoms with E-state index in [-0.39, 0.29) is 43.5 Å². The summed E-state index contributed by atoms with van der Waals surface area (Å²) in [5.74, 6) is -0.115. The number of nitrogens with one attached hydrogen (secondary N) is 2. The number of H-pyrrole nitrogens is 2. The number of phosphoric acid groups is 1. The molecular weight excluding hydrogens is 730 g/mol. The molecule has 12 N–H and O–H groups in total. The van der Waals surface area contributed by atoms with E-state index in [0.29, 0.717) is 0 Å². The van der Waals surface area contributed by atoms with Crippen LogP contribution < -0.4 is 11.5 Å². The lowest BCUT2D eigenvalue weighted by Crippen LogP contribution is -2.36. The summed E-state index contributed by atoms with van der Waals surface area (Å²) in [6.07, 6.45) is -9.68. The number of phosphoric ester groups is 1. The topological polar surface area (TPSA) is 330 Å². The third-order valence-corrected chi connectivity index (χ3v) is 9.54. The molecule has 2 aliphatic rings. The normalized spacial score (nSPS) is 29.6. The predicted molar refractivity (Wildman–Crippen MR) is 165 cm³/mol. The van der Waals surface area contributed by atoms with Gasteiger partial charge in [-0.2, -0.15) is 9.97 Å². The summed E-state index contributed by atoms with van der Waals surface area (Å²) >= 11 is 14.9. The van der Waals surface area contributed by atoms with E-state index in [4.69, 9.17) is 58.9 Å². The van der Waals surface area contributed by atoms with Gasteiger partial charge in [0.25, 0.3) is 0 Å². The fourth-order valence-electron chi connectivity index (χ4n) is 5.09. The van der Waals surface area contributed by atoms with Crippen LogP contribution in [0.1, 0.15) is 12.5 Å². The Kier molecular flexibility index (Phi) is 9.38. The van der Waals surface area contributed by atoms with E-state index < -0.39 is 76.8 Å². The summed E-state index contributed by atoms with van der Waals surface area (Å²) in [4.78, 5) is 51.5. The molecule has 0 spiro atoms. The summed E-state index contributed by atoms with van der Waals surface area (Å²) in [6, 6.07) is 0. The van der Waals surface area contributed by atoms with Crippen molar-refractivity contribution in [2.75, 3.05) is 24.7 Å². The number of rotatable bonds is 10. The van der Waals surface area contributed by atoms with Crippen molar-refractivity contribution in [2.45, 2.75) is 49.1 Å². The number of hydrogen-bond donors (Lipinski definition) is 10. The maximum absolute atomic E-state index is 13.1. The molecular formula is C20H26N10O12P2S3. The maximum Gasteiger partial charge on any atom is 0.472 e. The Morgan fingerprint density at radius 3 is 1.85 bits per heavy atom. The second-order valence-corrected chi connectivity index (χ2v) is 15.2. The molecule has 5 unspecified atom stereocenters. The lowest BCUT2D eigenvalue weighted by Gasteiger charge is -2.24. The predicted octanol–water partition coefficient (Wildman–Crippen LogP) is -1.24. The molecule has 2 aliphatic heterocycles. The maximum atomic E-state index is 13.1. The standard InChI is InChI=1S/C20H26N10O12P2S3/c21-19-25-13-7(15(45)27-19)23-3-29(13)17-10(32)9(31)5(40-17)1-38-43(34,35)42-12-6(2-39-44(36,37)47)41-18(11(12)33)30-4-24-8-14(30)26-20(22)28-16(8)46/h3-6,9-12,17-18,31-33H,1-2H2,(H,34,35)(H2,36,37,47)(H3,21,25,27,45)(H3,22,26,28,46)/t5-,6-,9?,10?,11?,12?,17-,18-/m1/s1. The van der Waals surface area contributed by atoms with Gasteiger partial charge in [-0.1, -0.05) is 24.4 Å². The highest BCUT2D eigenvalue weighted by atomic mass is 32.5. The lowest BCUT2D eigenvalue weighted by atomic mass is 10.1. The van der Waals surface area contributed by atoms with E-state index in [1.807, 2.05) is 0 Å². The number of anilines is 2. The van der Waals surface area contributed by atoms with Gasteiger partial charge in [-0.25, -0.2) is 14.5 Å². The molecule has 22 nitrogen and oxygen atoms in total. The van der Waals surface area contributed by atoms with Crippen molar-refractivity contribution < 1.29 is 57.6 Å². The number of nitrogens with two attached hydrogens (primary N) is 2. The number of nitrogen functional groups attached to an aromatic ring is 2. The number of nitrogens with zero attached hydrogens (tertiary/aromatic N) is 6. The Balaban J connectivity index is 1.19. The molecule has 2 fully saturated rings. The van der Waals surface area contributed by atoms with Gasteiger partial charge in [0, 0.05) is 0 Å². The molecule has 4 aromatic heterocycles. The highest BCUT2D eigenvalue weighted by Crippen LogP contribution is 2.50. The van der Waals surface area contributed by atoms with Crippen molar-refractivity contribution in [3.63, 3.8) is 0 Å². The minimum Gasteiger partial charge on any atom is -0.387 e. The average molecular weight is 757 g/mol. The zero-order valence-electron chi connectivity index (χ0n) is 23.3. The molecule has 27 heteroatoms. The van der Waals surface area contributed by atoms with Crippen LogP contribution in [0.2, 0.25) is 0 Å². The SMILES string of the molecule is Nc1nc2c(ncn2[C@@H]2O[C@H](COP(=O)(O)OC3C(O)[C@H](n4cnc5c(=S)[nH]c(N)nc54)O[C@@H]3COP(O)(O)=S)C(O)C2O)c(=S)[nH]1. The minimum absolute atomic E-state index is 0.0388. The second-order valence-electron chi connectivity index (χ2n) is 10.3. The van der Waals surface area contributed by atoms with Crippen LogP contribution in [0.25, 0.3) is 22.3 Å². The molecule has 47 heavy (non-hydrogen) atoms. The third kappa shape index (κ3) is 6.89. The molecule has 0 amide bonds. The van der Waals surface area contributed by atoms with Crippen LogP contribution in [-0.4, -0.2) is 119 Å². The van der Waals surface area contributed by atoms with Crippen LogP contribution in [0.5, 0.6) is 0 Å². The monoisotopic (exact) mass is 756 g/mol. The number of fused-ring (bicyclic) bond motifs is 2. The van der Waals surface area contributed by atoms with Crippen molar-refractivity contribution in [3.05, 3.63) is 21.9 Å². The van der Waals surface area contributed by atoms with E-state index in [9.17, 15) is 34.6 Å². The molecule has 256 valence electrons. The van der Waals surface area contributed by atoms with Crippen LogP contribution in [0.3, 0.4) is 0 Å². The summed E-state index contributed by atoms with van der Waals surface area (Å²) < 4.78 is 42.7. The Morgan fingerprint density at radius 1 is 0.830 bits per heavy atom. The highest BCUT2D eigenvalue weighted by Gasteiger charge is 2.51. The van der Waals surface area contributed by atoms with E-state index in [0.717, 1.165) is 0 Å². The molecule has 0 aromatic carbocycles. The van der Waals surface area contributed by atoms with Crippen molar-refractivity contribution >= 4 is 85.0 Å². The van der Waals surface area contributed by atoms with Crippen LogP contribution >= 0.6 is 39.0 Å². The molecule has 0 saturated carbocycles. The Morgan fingerprint density at radius 2 is 1.32 bits per heavy atom. The second kappa shape index (κ2) is 12.8. The van der Waals surface area contributed by atoms with Gasteiger partial charge in [0.2, 0.25) is 11.9 Å². The van der Waals surface area contributed by atoms with Gasteiger partial charge in [0.05, 0.1) is 25.9 Å². The van der Waals surface area contributed by atoms with Gasteiger partial charge in [-0.3, -0.25) is 18.2 Å². The molecule has 4 aromatic rings. The molecule has 0 aliphatic carbocycles. The van der Waals surface area contributed by atoms with Crippen molar-refractivity contribution in [1.29, 1.82) is 0 Å². The van der Waals surface area contributed by atoms with Gasteiger partial charge >= 0.3 is 14.5 Å². The fourth-order valence-corrected chi connectivity index (χ4v) is 7.08. The van der Waals surface area contributed by atoms with Gasteiger partial charge in [-0.15, -0.1) is 0 Å². The Labute approximate surface area is 276 Å². The zero-order chi connectivity index (χ0) is 34.0. The van der Waals surface area contributed by atoms with Gasteiger partial charge in [0.15, 0.2) is 23.8 Å². The van der Waals surface area contributed by atoms with Crippen LogP contribution in [0, 0.1) is 9.28 Å². The first-order chi connectivity index (χ1) is 22.0. The zero-order valence-corrected chi connectivity index (χ0v) is 27.5. The molecule has 0 radical (unpaired) electrons. The number of aromatic amines is 2. The smallest absolute Gasteiger partial charge is 0.387 e. The number of hydrogen-bond acceptors (Lipinski definition) is 18. The van der Waals surface area contributed by atoms with E-state index in [2.05, 4.69) is 41.7 Å². The third-order valence-electron chi connectivity index (χ3n) is 7.16. The van der Waals surface area contributed by atoms with Crippen molar-refractivity contribution in [1.82, 2.24) is 39.0 Å². The number of imidazole rings is 2. The molecule has 2 saturated heterocycles. The molecule has 6 heterocycles. The van der Waals surface area contributed by atoms with Crippen LogP contribution in [0.15, 0.2) is 12.7 Å². The highest BCUT2D eigenvalue weighted by molar-refractivity contribution is 8.06. The summed E-state index contributed by atoms with van der Waals surface area (Å²) in [7, 11) is -5.14. The van der Waals surface area contributed by atoms with Gasteiger partial charge in [0.1, 0.15) is 56.9 Å². The van der Waals surface area contributed by atoms with Crippen LogP contribution in [0.4, 0.5) is 11.9 Å². The van der Waals surface area contributed by atoms with Crippen molar-refractivity contribution in [2.24, 2.45) is 0 Å². The van der Waals surface area contributed by atoms with Crippen LogP contribution in [-0.2, 0) is 39.4 Å². The number of aliphatic hydroxyl groups is 3. The average Bonchev–Trinajstić information content (AvgIpc) is 3.72. The lowest BCUT2D eigenvalue weighted by molar-refractivity contribution is -0.0576. The molecule has 0 bridgehead atoms. The molecule has 6 rings (SSSR count).